The summed E-state index contributed by atoms with van der Waals surface area (Å²) in [5.74, 6) is 0.0776. The van der Waals surface area contributed by atoms with Crippen LogP contribution < -0.4 is 11.5 Å². The highest BCUT2D eigenvalue weighted by molar-refractivity contribution is 7.13. The number of hydrogen-bond acceptors (Lipinski definition) is 2. The lowest BCUT2D eigenvalue weighted by Gasteiger charge is -2.05. The number of hydrogen-bond donors (Lipinski definition) is 2. The number of rotatable bonds is 2. The van der Waals surface area contributed by atoms with Crippen LogP contribution in [0.5, 0.6) is 0 Å². The van der Waals surface area contributed by atoms with Gasteiger partial charge >= 0.3 is 0 Å². The topological polar surface area (TPSA) is 64.4 Å². The molecule has 1 aromatic heterocycles. The molecule has 0 saturated carbocycles. The summed E-state index contributed by atoms with van der Waals surface area (Å²) in [7, 11) is 0. The van der Waals surface area contributed by atoms with Crippen LogP contribution in [0.4, 0.5) is 5.69 Å². The first-order valence-corrected chi connectivity index (χ1v) is 6.78. The number of benzene rings is 2. The third kappa shape index (κ3) is 2.30. The zero-order chi connectivity index (χ0) is 13.2. The van der Waals surface area contributed by atoms with E-state index in [1.165, 1.54) is 15.8 Å². The summed E-state index contributed by atoms with van der Waals surface area (Å²) in [6, 6.07) is 16.4. The lowest BCUT2D eigenvalue weighted by atomic mass is 10.0. The van der Waals surface area contributed by atoms with Crippen molar-refractivity contribution in [1.82, 2.24) is 0 Å². The van der Waals surface area contributed by atoms with Gasteiger partial charge < -0.3 is 11.5 Å². The van der Waals surface area contributed by atoms with Gasteiger partial charge in [-0.2, -0.15) is 0 Å². The highest BCUT2D eigenvalue weighted by Crippen LogP contribution is 2.33. The first kappa shape index (κ1) is 11.7. The van der Waals surface area contributed by atoms with Crippen molar-refractivity contribution in [2.24, 2.45) is 16.5 Å². The van der Waals surface area contributed by atoms with E-state index < -0.39 is 0 Å². The molecule has 1 heterocycles. The van der Waals surface area contributed by atoms with Gasteiger partial charge in [0.25, 0.3) is 0 Å². The molecule has 0 fully saturated rings. The first-order chi connectivity index (χ1) is 9.24. The maximum Gasteiger partial charge on any atom is 0.191 e. The lowest BCUT2D eigenvalue weighted by Crippen LogP contribution is -2.21. The summed E-state index contributed by atoms with van der Waals surface area (Å²) in [5, 5.41) is 4.43. The van der Waals surface area contributed by atoms with Gasteiger partial charge in [-0.25, -0.2) is 4.99 Å². The van der Waals surface area contributed by atoms with Crippen molar-refractivity contribution in [3.05, 3.63) is 53.9 Å². The SMILES string of the molecule is NC(N)=Nc1ccc2c(-c3cccs3)cccc2c1. The Hall–Kier alpha value is -2.33. The fourth-order valence-corrected chi connectivity index (χ4v) is 2.90. The summed E-state index contributed by atoms with van der Waals surface area (Å²) in [6.45, 7) is 0. The number of nitrogens with two attached hydrogens (primary N) is 2. The van der Waals surface area contributed by atoms with Crippen LogP contribution in [0.3, 0.4) is 0 Å². The van der Waals surface area contributed by atoms with Crippen molar-refractivity contribution in [3.63, 3.8) is 0 Å². The van der Waals surface area contributed by atoms with E-state index in [-0.39, 0.29) is 5.96 Å². The Morgan fingerprint density at radius 1 is 1.00 bits per heavy atom. The molecule has 3 aromatic rings. The standard InChI is InChI=1S/C15H13N3S/c16-15(17)18-11-6-7-12-10(9-11)3-1-4-13(12)14-5-2-8-19-14/h1-9H,(H4,16,17,18). The summed E-state index contributed by atoms with van der Waals surface area (Å²) in [5.41, 5.74) is 12.8. The molecule has 3 nitrogen and oxygen atoms in total. The minimum absolute atomic E-state index is 0.0776. The molecule has 3 rings (SSSR count). The molecule has 94 valence electrons. The molecule has 4 heteroatoms. The van der Waals surface area contributed by atoms with Gasteiger partial charge in [0, 0.05) is 4.88 Å². The molecule has 4 N–H and O–H groups in total. The monoisotopic (exact) mass is 267 g/mol. The van der Waals surface area contributed by atoms with E-state index in [0.717, 1.165) is 11.1 Å². The second-order valence-electron chi connectivity index (χ2n) is 4.22. The molecule has 0 aliphatic heterocycles. The van der Waals surface area contributed by atoms with Crippen LogP contribution in [0.15, 0.2) is 58.9 Å². The molecule has 0 aliphatic rings. The molecule has 0 radical (unpaired) electrons. The summed E-state index contributed by atoms with van der Waals surface area (Å²) in [4.78, 5) is 5.34. The molecule has 2 aromatic carbocycles. The molecule has 19 heavy (non-hydrogen) atoms. The summed E-state index contributed by atoms with van der Waals surface area (Å²) < 4.78 is 0. The molecule has 0 spiro atoms. The number of guanidine groups is 1. The Kier molecular flexibility index (Phi) is 2.93. The molecule has 0 bridgehead atoms. The lowest BCUT2D eigenvalue weighted by molar-refractivity contribution is 1.43. The van der Waals surface area contributed by atoms with E-state index in [1.807, 2.05) is 12.1 Å². The number of fused-ring (bicyclic) bond motifs is 1. The smallest absolute Gasteiger partial charge is 0.191 e. The fraction of sp³-hybridized carbons (Fsp3) is 0. The van der Waals surface area contributed by atoms with E-state index in [2.05, 4.69) is 46.8 Å². The molecule has 0 unspecified atom stereocenters. The highest BCUT2D eigenvalue weighted by Gasteiger charge is 2.05. The van der Waals surface area contributed by atoms with E-state index in [4.69, 9.17) is 11.5 Å². The number of nitrogens with zero attached hydrogens (tertiary/aromatic N) is 1. The van der Waals surface area contributed by atoms with E-state index >= 15 is 0 Å². The highest BCUT2D eigenvalue weighted by atomic mass is 32.1. The van der Waals surface area contributed by atoms with Gasteiger partial charge in [-0.05, 0) is 39.9 Å². The van der Waals surface area contributed by atoms with Crippen LogP contribution in [0, 0.1) is 0 Å². The van der Waals surface area contributed by atoms with Crippen LogP contribution in [0.25, 0.3) is 21.2 Å². The molecule has 0 saturated heterocycles. The van der Waals surface area contributed by atoms with Crippen molar-refractivity contribution in [2.45, 2.75) is 0 Å². The number of aliphatic imine (C=N–C) groups is 1. The van der Waals surface area contributed by atoms with Crippen molar-refractivity contribution >= 4 is 33.8 Å². The maximum atomic E-state index is 5.41. The van der Waals surface area contributed by atoms with Crippen LogP contribution in [-0.2, 0) is 0 Å². The van der Waals surface area contributed by atoms with Gasteiger partial charge in [0.2, 0.25) is 0 Å². The quantitative estimate of drug-likeness (QED) is 0.551. The molecular weight excluding hydrogens is 254 g/mol. The van der Waals surface area contributed by atoms with Gasteiger partial charge in [-0.3, -0.25) is 0 Å². The predicted octanol–water partition coefficient (Wildman–Crippen LogP) is 3.47. The van der Waals surface area contributed by atoms with Gasteiger partial charge in [0.05, 0.1) is 5.69 Å². The van der Waals surface area contributed by atoms with Crippen molar-refractivity contribution in [3.8, 4) is 10.4 Å². The average molecular weight is 267 g/mol. The van der Waals surface area contributed by atoms with Crippen molar-refractivity contribution < 1.29 is 0 Å². The predicted molar refractivity (Wildman–Crippen MR) is 82.7 cm³/mol. The normalized spacial score (nSPS) is 10.5. The van der Waals surface area contributed by atoms with Gasteiger partial charge in [-0.1, -0.05) is 30.3 Å². The minimum atomic E-state index is 0.0776. The Balaban J connectivity index is 2.20. The third-order valence-corrected chi connectivity index (χ3v) is 3.81. The van der Waals surface area contributed by atoms with E-state index in [1.54, 1.807) is 11.3 Å². The summed E-state index contributed by atoms with van der Waals surface area (Å²) in [6.07, 6.45) is 0. The first-order valence-electron chi connectivity index (χ1n) is 5.90. The second kappa shape index (κ2) is 4.74. The fourth-order valence-electron chi connectivity index (χ4n) is 2.14. The van der Waals surface area contributed by atoms with Gasteiger partial charge in [0.1, 0.15) is 0 Å². The van der Waals surface area contributed by atoms with Crippen LogP contribution >= 0.6 is 11.3 Å². The van der Waals surface area contributed by atoms with Crippen LogP contribution in [0.1, 0.15) is 0 Å². The molecule has 0 atom stereocenters. The van der Waals surface area contributed by atoms with Crippen molar-refractivity contribution in [2.75, 3.05) is 0 Å². The Labute approximate surface area is 115 Å². The second-order valence-corrected chi connectivity index (χ2v) is 5.17. The van der Waals surface area contributed by atoms with E-state index in [0.29, 0.717) is 0 Å². The summed E-state index contributed by atoms with van der Waals surface area (Å²) >= 11 is 1.74. The van der Waals surface area contributed by atoms with Crippen LogP contribution in [-0.4, -0.2) is 5.96 Å². The molecule has 0 amide bonds. The van der Waals surface area contributed by atoms with Crippen LogP contribution in [0.2, 0.25) is 0 Å². The molecular formula is C15H13N3S. The zero-order valence-corrected chi connectivity index (χ0v) is 11.0. The largest absolute Gasteiger partial charge is 0.370 e. The molecule has 0 aliphatic carbocycles. The average Bonchev–Trinajstić information content (AvgIpc) is 2.90. The maximum absolute atomic E-state index is 5.41. The van der Waals surface area contributed by atoms with Crippen molar-refractivity contribution in [1.29, 1.82) is 0 Å². The van der Waals surface area contributed by atoms with E-state index in [9.17, 15) is 0 Å². The number of thiophene rings is 1. The van der Waals surface area contributed by atoms with Gasteiger partial charge in [0.15, 0.2) is 5.96 Å². The zero-order valence-electron chi connectivity index (χ0n) is 10.2. The Bertz CT molecular complexity index is 741. The minimum Gasteiger partial charge on any atom is -0.370 e. The Morgan fingerprint density at radius 3 is 2.63 bits per heavy atom. The Morgan fingerprint density at radius 2 is 1.89 bits per heavy atom. The van der Waals surface area contributed by atoms with Gasteiger partial charge in [-0.15, -0.1) is 11.3 Å². The third-order valence-electron chi connectivity index (χ3n) is 2.91.